The van der Waals surface area contributed by atoms with Gasteiger partial charge in [-0.2, -0.15) is 0 Å². The minimum Gasteiger partial charge on any atom is -0.357 e. The molecule has 98 valence electrons. The predicted octanol–water partition coefficient (Wildman–Crippen LogP) is 3.66. The molecule has 0 radical (unpaired) electrons. The summed E-state index contributed by atoms with van der Waals surface area (Å²) < 4.78 is 51.3. The van der Waals surface area contributed by atoms with Gasteiger partial charge in [0.1, 0.15) is 23.3 Å². The number of halogens is 4. The van der Waals surface area contributed by atoms with E-state index < -0.39 is 23.3 Å². The zero-order chi connectivity index (χ0) is 13.8. The summed E-state index contributed by atoms with van der Waals surface area (Å²) in [6, 6.07) is 5.29. The van der Waals surface area contributed by atoms with E-state index in [-0.39, 0.29) is 11.3 Å². The highest BCUT2D eigenvalue weighted by Crippen LogP contribution is 2.15. The van der Waals surface area contributed by atoms with Crippen molar-refractivity contribution in [3.8, 4) is 5.75 Å². The number of benzene rings is 2. The van der Waals surface area contributed by atoms with Crippen molar-refractivity contribution in [2.24, 2.45) is 5.16 Å². The van der Waals surface area contributed by atoms with Gasteiger partial charge in [0.2, 0.25) is 0 Å². The third kappa shape index (κ3) is 3.80. The Balaban J connectivity index is 2.11. The first-order valence-corrected chi connectivity index (χ1v) is 5.15. The molecule has 0 spiro atoms. The third-order valence-electron chi connectivity index (χ3n) is 2.08. The Hall–Kier alpha value is -2.37. The second-order valence-electron chi connectivity index (χ2n) is 3.63. The van der Waals surface area contributed by atoms with E-state index in [1.165, 1.54) is 0 Å². The van der Waals surface area contributed by atoms with Gasteiger partial charge in [0.25, 0.3) is 0 Å². The van der Waals surface area contributed by atoms with E-state index in [0.717, 1.165) is 30.5 Å². The van der Waals surface area contributed by atoms with Gasteiger partial charge in [-0.1, -0.05) is 5.16 Å². The van der Waals surface area contributed by atoms with Crippen LogP contribution in [0.5, 0.6) is 5.75 Å². The first-order chi connectivity index (χ1) is 9.02. The van der Waals surface area contributed by atoms with E-state index in [2.05, 4.69) is 5.16 Å². The molecule has 0 bridgehead atoms. The fraction of sp³-hybridized carbons (Fsp3) is 0. The molecule has 2 aromatic rings. The molecule has 0 saturated carbocycles. The molecule has 0 saturated heterocycles. The van der Waals surface area contributed by atoms with Crippen molar-refractivity contribution in [3.05, 3.63) is 65.2 Å². The number of oxime groups is 1. The fourth-order valence-corrected chi connectivity index (χ4v) is 1.38. The van der Waals surface area contributed by atoms with Gasteiger partial charge in [0.15, 0.2) is 5.75 Å². The zero-order valence-corrected chi connectivity index (χ0v) is 9.41. The lowest BCUT2D eigenvalue weighted by molar-refractivity contribution is 0.339. The summed E-state index contributed by atoms with van der Waals surface area (Å²) >= 11 is 0. The summed E-state index contributed by atoms with van der Waals surface area (Å²) in [5, 5.41) is 3.38. The first-order valence-electron chi connectivity index (χ1n) is 5.15. The molecule has 0 amide bonds. The van der Waals surface area contributed by atoms with Crippen molar-refractivity contribution >= 4 is 6.21 Å². The Morgan fingerprint density at radius 1 is 0.737 bits per heavy atom. The Bertz CT molecular complexity index is 588. The summed E-state index contributed by atoms with van der Waals surface area (Å²) in [5.74, 6) is -3.33. The van der Waals surface area contributed by atoms with Crippen LogP contribution in [0.3, 0.4) is 0 Å². The van der Waals surface area contributed by atoms with Crippen LogP contribution in [0.15, 0.2) is 41.6 Å². The SMILES string of the molecule is Fc1cc(F)cc(/C=N/Oc2cc(F)cc(F)c2)c1. The molecule has 0 aliphatic rings. The molecular formula is C13H7F4NO. The van der Waals surface area contributed by atoms with Crippen molar-refractivity contribution in [2.75, 3.05) is 0 Å². The minimum atomic E-state index is -0.818. The highest BCUT2D eigenvalue weighted by molar-refractivity contribution is 5.79. The predicted molar refractivity (Wildman–Crippen MR) is 60.9 cm³/mol. The lowest BCUT2D eigenvalue weighted by Gasteiger charge is -1.99. The molecule has 19 heavy (non-hydrogen) atoms. The van der Waals surface area contributed by atoms with Crippen molar-refractivity contribution in [2.45, 2.75) is 0 Å². The van der Waals surface area contributed by atoms with Crippen molar-refractivity contribution in [1.29, 1.82) is 0 Å². The zero-order valence-electron chi connectivity index (χ0n) is 9.41. The van der Waals surface area contributed by atoms with Gasteiger partial charge in [-0.05, 0) is 12.1 Å². The second kappa shape index (κ2) is 5.51. The monoisotopic (exact) mass is 269 g/mol. The first kappa shape index (κ1) is 13.1. The number of hydrogen-bond acceptors (Lipinski definition) is 2. The van der Waals surface area contributed by atoms with Crippen LogP contribution in [0, 0.1) is 23.3 Å². The molecule has 2 aromatic carbocycles. The fourth-order valence-electron chi connectivity index (χ4n) is 1.38. The summed E-state index contributed by atoms with van der Waals surface area (Å²) in [5.41, 5.74) is 0.120. The maximum absolute atomic E-state index is 12.8. The van der Waals surface area contributed by atoms with Crippen LogP contribution in [0.4, 0.5) is 17.6 Å². The van der Waals surface area contributed by atoms with Gasteiger partial charge in [-0.25, -0.2) is 17.6 Å². The molecule has 2 rings (SSSR count). The Morgan fingerprint density at radius 3 is 1.74 bits per heavy atom. The molecule has 0 aromatic heterocycles. The van der Waals surface area contributed by atoms with Gasteiger partial charge >= 0.3 is 0 Å². The number of nitrogens with zero attached hydrogens (tertiary/aromatic N) is 1. The topological polar surface area (TPSA) is 21.6 Å². The highest BCUT2D eigenvalue weighted by Gasteiger charge is 2.01. The van der Waals surface area contributed by atoms with Gasteiger partial charge in [-0.3, -0.25) is 0 Å². The van der Waals surface area contributed by atoms with E-state index in [4.69, 9.17) is 4.84 Å². The minimum absolute atomic E-state index is 0.120. The highest BCUT2D eigenvalue weighted by atomic mass is 19.1. The standard InChI is InChI=1S/C13H7F4NO/c14-9-1-8(2-10(15)3-9)7-18-19-13-5-11(16)4-12(17)6-13/h1-7H/b18-7+. The van der Waals surface area contributed by atoms with Crippen LogP contribution in [-0.4, -0.2) is 6.21 Å². The van der Waals surface area contributed by atoms with Gasteiger partial charge in [-0.15, -0.1) is 0 Å². The summed E-state index contributed by atoms with van der Waals surface area (Å²) in [6.45, 7) is 0. The Morgan fingerprint density at radius 2 is 1.21 bits per heavy atom. The lowest BCUT2D eigenvalue weighted by atomic mass is 10.2. The number of hydrogen-bond donors (Lipinski definition) is 0. The molecule has 0 unspecified atom stereocenters. The number of rotatable bonds is 3. The third-order valence-corrected chi connectivity index (χ3v) is 2.08. The van der Waals surface area contributed by atoms with Gasteiger partial charge in [0.05, 0.1) is 6.21 Å². The van der Waals surface area contributed by atoms with Crippen LogP contribution in [0.25, 0.3) is 0 Å². The van der Waals surface area contributed by atoms with Crippen LogP contribution in [0.1, 0.15) is 5.56 Å². The molecule has 0 atom stereocenters. The summed E-state index contributed by atoms with van der Waals surface area (Å²) in [7, 11) is 0. The Kier molecular flexibility index (Phi) is 3.79. The van der Waals surface area contributed by atoms with E-state index in [0.29, 0.717) is 12.1 Å². The van der Waals surface area contributed by atoms with Crippen molar-refractivity contribution in [3.63, 3.8) is 0 Å². The average Bonchev–Trinajstić information content (AvgIpc) is 2.26. The molecular weight excluding hydrogens is 262 g/mol. The molecule has 6 heteroatoms. The molecule has 0 fully saturated rings. The average molecular weight is 269 g/mol. The van der Waals surface area contributed by atoms with Crippen LogP contribution >= 0.6 is 0 Å². The Labute approximate surface area is 105 Å². The normalized spacial score (nSPS) is 10.9. The summed E-state index contributed by atoms with van der Waals surface area (Å²) in [6.07, 6.45) is 1.02. The largest absolute Gasteiger partial charge is 0.357 e. The summed E-state index contributed by atoms with van der Waals surface area (Å²) in [4.78, 5) is 4.70. The van der Waals surface area contributed by atoms with Crippen LogP contribution < -0.4 is 4.84 Å². The van der Waals surface area contributed by atoms with Gasteiger partial charge < -0.3 is 4.84 Å². The van der Waals surface area contributed by atoms with Gasteiger partial charge in [0, 0.05) is 29.8 Å². The quantitative estimate of drug-likeness (QED) is 0.473. The lowest BCUT2D eigenvalue weighted by Crippen LogP contribution is -1.91. The molecule has 0 heterocycles. The molecule has 0 aliphatic carbocycles. The molecule has 0 N–H and O–H groups in total. The molecule has 2 nitrogen and oxygen atoms in total. The smallest absolute Gasteiger partial charge is 0.163 e. The van der Waals surface area contributed by atoms with E-state index in [9.17, 15) is 17.6 Å². The van der Waals surface area contributed by atoms with E-state index in [1.54, 1.807) is 0 Å². The van der Waals surface area contributed by atoms with Crippen LogP contribution in [0.2, 0.25) is 0 Å². The van der Waals surface area contributed by atoms with Crippen LogP contribution in [-0.2, 0) is 0 Å². The van der Waals surface area contributed by atoms with Crippen molar-refractivity contribution in [1.82, 2.24) is 0 Å². The second-order valence-corrected chi connectivity index (χ2v) is 3.63. The maximum Gasteiger partial charge on any atom is 0.163 e. The maximum atomic E-state index is 12.8. The van der Waals surface area contributed by atoms with Crippen molar-refractivity contribution < 1.29 is 22.4 Å². The molecule has 0 aliphatic heterocycles. The van der Waals surface area contributed by atoms with E-state index >= 15 is 0 Å². The van der Waals surface area contributed by atoms with E-state index in [1.807, 2.05) is 0 Å².